The Kier molecular flexibility index (Phi) is 2.54. The topological polar surface area (TPSA) is 64.8 Å². The van der Waals surface area contributed by atoms with Crippen LogP contribution in [0.15, 0.2) is 24.3 Å². The summed E-state index contributed by atoms with van der Waals surface area (Å²) in [5.74, 6) is 1.11. The van der Waals surface area contributed by atoms with Gasteiger partial charge in [0.05, 0.1) is 11.0 Å². The van der Waals surface area contributed by atoms with Gasteiger partial charge in [0.1, 0.15) is 6.10 Å². The molecule has 2 spiro atoms. The van der Waals surface area contributed by atoms with Crippen LogP contribution in [0.5, 0.6) is 11.5 Å². The number of likely N-dealkylation sites (tertiary alicyclic amines) is 1. The van der Waals surface area contributed by atoms with Gasteiger partial charge in [-0.2, -0.15) is 0 Å². The van der Waals surface area contributed by atoms with Gasteiger partial charge in [-0.1, -0.05) is 25.1 Å². The van der Waals surface area contributed by atoms with Crippen LogP contribution < -0.4 is 15.2 Å². The van der Waals surface area contributed by atoms with Crippen LogP contribution in [-0.2, 0) is 16.6 Å². The molecule has 2 bridgehead atoms. The van der Waals surface area contributed by atoms with Crippen molar-refractivity contribution < 1.29 is 14.3 Å². The molecule has 7 rings (SSSR count). The highest BCUT2D eigenvalue weighted by atomic mass is 16.6. The summed E-state index contributed by atoms with van der Waals surface area (Å²) in [6.45, 7) is 2.82. The van der Waals surface area contributed by atoms with Gasteiger partial charge in [-0.15, -0.1) is 0 Å². The molecule has 1 aromatic rings. The molecule has 26 heavy (non-hydrogen) atoms. The number of ether oxygens (including phenoxy) is 2. The number of hydrogen-bond acceptors (Lipinski definition) is 5. The third-order valence-corrected chi connectivity index (χ3v) is 7.92. The van der Waals surface area contributed by atoms with Crippen LogP contribution in [0, 0.1) is 5.41 Å². The fraction of sp³-hybridized carbons (Fsp3) is 0.571. The molecule has 4 aliphatic carbocycles. The van der Waals surface area contributed by atoms with Gasteiger partial charge < -0.3 is 20.1 Å². The molecule has 4 unspecified atom stereocenters. The number of rotatable bonds is 2. The summed E-state index contributed by atoms with van der Waals surface area (Å²) in [7, 11) is 2.20. The summed E-state index contributed by atoms with van der Waals surface area (Å²) in [6, 6.07) is 4.36. The lowest BCUT2D eigenvalue weighted by atomic mass is 9.36. The fourth-order valence-corrected chi connectivity index (χ4v) is 7.02. The zero-order chi connectivity index (χ0) is 17.9. The van der Waals surface area contributed by atoms with Crippen LogP contribution in [0.2, 0.25) is 0 Å². The second kappa shape index (κ2) is 4.34. The number of esters is 1. The Balaban J connectivity index is 1.60. The maximum atomic E-state index is 11.9. The van der Waals surface area contributed by atoms with Gasteiger partial charge in [0, 0.05) is 36.4 Å². The van der Waals surface area contributed by atoms with E-state index in [1.165, 1.54) is 11.1 Å². The molecule has 1 aromatic carbocycles. The van der Waals surface area contributed by atoms with Crippen molar-refractivity contribution >= 4 is 5.97 Å². The summed E-state index contributed by atoms with van der Waals surface area (Å²) >= 11 is 0. The number of fused-ring (bicyclic) bond motifs is 1. The van der Waals surface area contributed by atoms with Gasteiger partial charge in [0.25, 0.3) is 0 Å². The molecule has 0 amide bonds. The van der Waals surface area contributed by atoms with Crippen LogP contribution in [0.1, 0.15) is 37.3 Å². The van der Waals surface area contributed by atoms with E-state index in [-0.39, 0.29) is 28.4 Å². The van der Waals surface area contributed by atoms with Crippen LogP contribution in [-0.4, -0.2) is 42.1 Å². The van der Waals surface area contributed by atoms with E-state index in [2.05, 4.69) is 30.2 Å². The Morgan fingerprint density at radius 2 is 2.31 bits per heavy atom. The lowest BCUT2D eigenvalue weighted by molar-refractivity contribution is -0.134. The standard InChI is InChI=1S/C21H24N2O3/c1-3-16(24)25-13-7-6-12-9-14-21(22)19(11-23(14)2)8-4-5-15-20(21,10-19)17(12)18(13)26-15/h4,6-8,14-15H,3,5,9-11,22H2,1-2H3/t14?,15-,19?,20?,21?/m0/s1. The van der Waals surface area contributed by atoms with Crippen molar-refractivity contribution in [3.8, 4) is 11.5 Å². The predicted octanol–water partition coefficient (Wildman–Crippen LogP) is 1.92. The molecule has 2 N–H and O–H groups in total. The molecular weight excluding hydrogens is 328 g/mol. The molecular formula is C21H24N2O3. The van der Waals surface area contributed by atoms with Crippen molar-refractivity contribution in [3.05, 3.63) is 35.4 Å². The Morgan fingerprint density at radius 1 is 1.46 bits per heavy atom. The zero-order valence-corrected chi connectivity index (χ0v) is 15.2. The smallest absolute Gasteiger partial charge is 0.311 e. The maximum Gasteiger partial charge on any atom is 0.311 e. The van der Waals surface area contributed by atoms with Gasteiger partial charge in [0.2, 0.25) is 0 Å². The van der Waals surface area contributed by atoms with Gasteiger partial charge in [0.15, 0.2) is 11.5 Å². The van der Waals surface area contributed by atoms with Crippen LogP contribution in [0.25, 0.3) is 0 Å². The first-order valence-corrected chi connectivity index (χ1v) is 9.67. The number of benzene rings is 1. The van der Waals surface area contributed by atoms with Crippen LogP contribution >= 0.6 is 0 Å². The van der Waals surface area contributed by atoms with E-state index < -0.39 is 0 Å². The van der Waals surface area contributed by atoms with Crippen molar-refractivity contribution in [2.45, 2.75) is 55.7 Å². The Morgan fingerprint density at radius 3 is 3.12 bits per heavy atom. The number of hydrogen-bond donors (Lipinski definition) is 1. The molecule has 136 valence electrons. The first-order chi connectivity index (χ1) is 12.5. The third kappa shape index (κ3) is 1.30. The fourth-order valence-electron chi connectivity index (χ4n) is 7.02. The van der Waals surface area contributed by atoms with Crippen molar-refractivity contribution in [1.82, 2.24) is 4.90 Å². The molecule has 2 aliphatic heterocycles. The highest BCUT2D eigenvalue weighted by molar-refractivity contribution is 5.75. The van der Waals surface area contributed by atoms with Gasteiger partial charge >= 0.3 is 5.97 Å². The molecule has 0 aromatic heterocycles. The van der Waals surface area contributed by atoms with Crippen LogP contribution in [0.4, 0.5) is 0 Å². The van der Waals surface area contributed by atoms with E-state index in [1.54, 1.807) is 0 Å². The van der Waals surface area contributed by atoms with E-state index in [0.717, 1.165) is 31.6 Å². The molecule has 6 aliphatic rings. The van der Waals surface area contributed by atoms with E-state index in [0.29, 0.717) is 18.2 Å². The number of carbonyl (C=O) groups excluding carboxylic acids is 1. The van der Waals surface area contributed by atoms with E-state index in [9.17, 15) is 4.79 Å². The van der Waals surface area contributed by atoms with Crippen LogP contribution in [0.3, 0.4) is 0 Å². The highest BCUT2D eigenvalue weighted by Crippen LogP contribution is 2.76. The second-order valence-electron chi connectivity index (χ2n) is 8.81. The summed E-state index contributed by atoms with van der Waals surface area (Å²) in [6.07, 6.45) is 7.86. The van der Waals surface area contributed by atoms with Gasteiger partial charge in [-0.25, -0.2) is 0 Å². The van der Waals surface area contributed by atoms with Gasteiger partial charge in [-0.3, -0.25) is 4.79 Å². The van der Waals surface area contributed by atoms with E-state index in [4.69, 9.17) is 15.2 Å². The van der Waals surface area contributed by atoms with E-state index in [1.807, 2.05) is 13.0 Å². The minimum Gasteiger partial charge on any atom is -0.485 e. The number of carbonyl (C=O) groups is 1. The largest absolute Gasteiger partial charge is 0.485 e. The van der Waals surface area contributed by atoms with Crippen molar-refractivity contribution in [2.75, 3.05) is 13.6 Å². The molecule has 5 atom stereocenters. The van der Waals surface area contributed by atoms with E-state index >= 15 is 0 Å². The third-order valence-electron chi connectivity index (χ3n) is 7.92. The molecule has 1 saturated heterocycles. The quantitative estimate of drug-likeness (QED) is 0.500. The number of likely N-dealkylation sites (N-methyl/N-ethyl adjacent to an activating group) is 1. The summed E-state index contributed by atoms with van der Waals surface area (Å²) in [5.41, 5.74) is 9.43. The number of nitrogens with zero attached hydrogens (tertiary/aromatic N) is 1. The minimum atomic E-state index is -0.307. The Bertz CT molecular complexity index is 895. The number of nitrogens with two attached hydrogens (primary N) is 1. The summed E-state index contributed by atoms with van der Waals surface area (Å²) in [5, 5.41) is 0. The zero-order valence-electron chi connectivity index (χ0n) is 15.2. The molecule has 0 radical (unpaired) electrons. The Labute approximate surface area is 153 Å². The normalized spacial score (nSPS) is 43.3. The Hall–Kier alpha value is -1.85. The van der Waals surface area contributed by atoms with Crippen molar-refractivity contribution in [3.63, 3.8) is 0 Å². The first-order valence-electron chi connectivity index (χ1n) is 9.67. The molecule has 1 saturated carbocycles. The molecule has 2 fully saturated rings. The van der Waals surface area contributed by atoms with Crippen molar-refractivity contribution in [1.29, 1.82) is 0 Å². The monoisotopic (exact) mass is 352 g/mol. The molecule has 5 nitrogen and oxygen atoms in total. The first kappa shape index (κ1) is 15.2. The predicted molar refractivity (Wildman–Crippen MR) is 96.3 cm³/mol. The lowest BCUT2D eigenvalue weighted by Gasteiger charge is -2.68. The average Bonchev–Trinajstić information content (AvgIpc) is 2.94. The SMILES string of the molecule is CCC(=O)Oc1ccc2c3c1O[C@H]1CC=CC45CN(C)C(C2)C4(N)C31C5. The molecule has 5 heteroatoms. The minimum absolute atomic E-state index is 0.0314. The second-order valence-corrected chi connectivity index (χ2v) is 8.81. The summed E-state index contributed by atoms with van der Waals surface area (Å²) < 4.78 is 12.1. The average molecular weight is 352 g/mol. The maximum absolute atomic E-state index is 11.9. The highest BCUT2D eigenvalue weighted by Gasteiger charge is 2.84. The summed E-state index contributed by atoms with van der Waals surface area (Å²) in [4.78, 5) is 14.4. The molecule has 2 heterocycles. The van der Waals surface area contributed by atoms with Crippen molar-refractivity contribution in [2.24, 2.45) is 11.1 Å². The lowest BCUT2D eigenvalue weighted by Crippen LogP contribution is -2.83. The van der Waals surface area contributed by atoms with Gasteiger partial charge in [-0.05, 0) is 31.5 Å².